The van der Waals surface area contributed by atoms with Crippen LogP contribution < -0.4 is 0 Å². The van der Waals surface area contributed by atoms with Gasteiger partial charge in [-0.1, -0.05) is 0 Å². The first-order valence-electron chi connectivity index (χ1n) is 2.08. The standard InChI is InChI=1S/C4H8O4/c1-2-4(8-6)3-7-5/h2,5-6H,3H2,1H3. The Labute approximate surface area is 46.8 Å². The van der Waals surface area contributed by atoms with E-state index in [4.69, 9.17) is 10.5 Å². The molecule has 4 nitrogen and oxygen atoms in total. The molecule has 4 heteroatoms. The van der Waals surface area contributed by atoms with Crippen molar-refractivity contribution >= 4 is 0 Å². The van der Waals surface area contributed by atoms with Crippen LogP contribution in [0.25, 0.3) is 0 Å². The van der Waals surface area contributed by atoms with Gasteiger partial charge in [0.1, 0.15) is 6.61 Å². The molecule has 0 aliphatic carbocycles. The average molecular weight is 120 g/mol. The molecule has 0 aromatic rings. The van der Waals surface area contributed by atoms with Crippen molar-refractivity contribution in [1.82, 2.24) is 0 Å². The van der Waals surface area contributed by atoms with Crippen LogP contribution in [0.5, 0.6) is 0 Å². The molecule has 0 rings (SSSR count). The Bertz CT molecular complexity index is 78.1. The lowest BCUT2D eigenvalue weighted by molar-refractivity contribution is -0.268. The van der Waals surface area contributed by atoms with Gasteiger partial charge in [-0.2, -0.15) is 0 Å². The second kappa shape index (κ2) is 4.58. The third-order valence-electron chi connectivity index (χ3n) is 0.646. The Balaban J connectivity index is 3.38. The summed E-state index contributed by atoms with van der Waals surface area (Å²) in [6, 6.07) is 0. The topological polar surface area (TPSA) is 58.9 Å². The molecule has 0 fully saturated rings. The van der Waals surface area contributed by atoms with Gasteiger partial charge in [-0.3, -0.25) is 5.26 Å². The Kier molecular flexibility index (Phi) is 4.24. The van der Waals surface area contributed by atoms with Gasteiger partial charge in [0.25, 0.3) is 0 Å². The molecule has 0 amide bonds. The van der Waals surface area contributed by atoms with Crippen molar-refractivity contribution in [2.45, 2.75) is 6.92 Å². The lowest BCUT2D eigenvalue weighted by Gasteiger charge is -1.96. The molecule has 0 unspecified atom stereocenters. The molecule has 0 saturated carbocycles. The second-order valence-corrected chi connectivity index (χ2v) is 1.12. The largest absolute Gasteiger partial charge is 0.342 e. The predicted molar refractivity (Wildman–Crippen MR) is 26.1 cm³/mol. The highest BCUT2D eigenvalue weighted by atomic mass is 17.1. The average Bonchev–Trinajstić information content (AvgIpc) is 1.83. The van der Waals surface area contributed by atoms with Crippen molar-refractivity contribution in [2.75, 3.05) is 6.61 Å². The number of allylic oxidation sites excluding steroid dienone is 1. The van der Waals surface area contributed by atoms with Crippen LogP contribution in [0.4, 0.5) is 0 Å². The normalized spacial score (nSPS) is 11.6. The van der Waals surface area contributed by atoms with Crippen molar-refractivity contribution < 1.29 is 20.3 Å². The molecule has 48 valence electrons. The zero-order valence-corrected chi connectivity index (χ0v) is 4.50. The van der Waals surface area contributed by atoms with Crippen molar-refractivity contribution in [1.29, 1.82) is 0 Å². The zero-order chi connectivity index (χ0) is 6.41. The fraction of sp³-hybridized carbons (Fsp3) is 0.500. The van der Waals surface area contributed by atoms with Gasteiger partial charge in [0.05, 0.1) is 0 Å². The second-order valence-electron chi connectivity index (χ2n) is 1.12. The summed E-state index contributed by atoms with van der Waals surface area (Å²) in [6.07, 6.45) is 1.47. The van der Waals surface area contributed by atoms with Crippen LogP contribution in [0.15, 0.2) is 11.8 Å². The van der Waals surface area contributed by atoms with Crippen molar-refractivity contribution in [2.24, 2.45) is 0 Å². The van der Waals surface area contributed by atoms with Gasteiger partial charge in [0, 0.05) is 0 Å². The lowest BCUT2D eigenvalue weighted by Crippen LogP contribution is -1.95. The maximum absolute atomic E-state index is 7.90. The fourth-order valence-corrected chi connectivity index (χ4v) is 0.226. The molecular weight excluding hydrogens is 112 g/mol. The molecule has 0 aliphatic rings. The van der Waals surface area contributed by atoms with Crippen LogP contribution in [-0.2, 0) is 9.78 Å². The molecule has 0 atom stereocenters. The molecule has 8 heavy (non-hydrogen) atoms. The highest BCUT2D eigenvalue weighted by Crippen LogP contribution is 1.92. The molecule has 0 aromatic heterocycles. The summed E-state index contributed by atoms with van der Waals surface area (Å²) < 4.78 is 0. The summed E-state index contributed by atoms with van der Waals surface area (Å²) in [7, 11) is 0. The van der Waals surface area contributed by atoms with Crippen molar-refractivity contribution in [3.8, 4) is 0 Å². The van der Waals surface area contributed by atoms with Crippen LogP contribution in [-0.4, -0.2) is 17.1 Å². The summed E-state index contributed by atoms with van der Waals surface area (Å²) in [5.74, 6) is 0.174. The van der Waals surface area contributed by atoms with Crippen LogP contribution in [0.3, 0.4) is 0 Å². The first-order valence-corrected chi connectivity index (χ1v) is 2.08. The summed E-state index contributed by atoms with van der Waals surface area (Å²) in [4.78, 5) is 7.35. The van der Waals surface area contributed by atoms with Crippen LogP contribution in [0, 0.1) is 0 Å². The number of hydrogen-bond donors (Lipinski definition) is 2. The molecule has 0 bridgehead atoms. The number of hydrogen-bond acceptors (Lipinski definition) is 4. The molecule has 0 aromatic carbocycles. The van der Waals surface area contributed by atoms with E-state index in [0.29, 0.717) is 0 Å². The van der Waals surface area contributed by atoms with Crippen LogP contribution in [0.2, 0.25) is 0 Å². The summed E-state index contributed by atoms with van der Waals surface area (Å²) >= 11 is 0. The first-order chi connectivity index (χ1) is 3.85. The van der Waals surface area contributed by atoms with E-state index in [2.05, 4.69) is 9.78 Å². The molecule has 2 N–H and O–H groups in total. The summed E-state index contributed by atoms with van der Waals surface area (Å²) in [5, 5.41) is 15.7. The first kappa shape index (κ1) is 7.42. The van der Waals surface area contributed by atoms with Crippen LogP contribution in [0.1, 0.15) is 6.92 Å². The maximum atomic E-state index is 7.90. The van der Waals surface area contributed by atoms with E-state index in [1.54, 1.807) is 6.92 Å². The molecule has 0 aliphatic heterocycles. The van der Waals surface area contributed by atoms with Gasteiger partial charge in [-0.05, 0) is 13.0 Å². The maximum Gasteiger partial charge on any atom is 0.166 e. The van der Waals surface area contributed by atoms with Crippen molar-refractivity contribution in [3.63, 3.8) is 0 Å². The Morgan fingerprint density at radius 2 is 2.25 bits per heavy atom. The van der Waals surface area contributed by atoms with Gasteiger partial charge in [-0.15, -0.1) is 0 Å². The van der Waals surface area contributed by atoms with Gasteiger partial charge in [-0.25, -0.2) is 10.1 Å². The van der Waals surface area contributed by atoms with Gasteiger partial charge in [0.15, 0.2) is 5.76 Å². The van der Waals surface area contributed by atoms with E-state index in [0.717, 1.165) is 0 Å². The molecular formula is C4H8O4. The van der Waals surface area contributed by atoms with E-state index < -0.39 is 0 Å². The highest BCUT2D eigenvalue weighted by Gasteiger charge is 1.92. The van der Waals surface area contributed by atoms with E-state index in [-0.39, 0.29) is 12.4 Å². The van der Waals surface area contributed by atoms with Crippen LogP contribution >= 0.6 is 0 Å². The lowest BCUT2D eigenvalue weighted by atomic mass is 10.5. The summed E-state index contributed by atoms with van der Waals surface area (Å²) in [6.45, 7) is 1.51. The molecule has 0 radical (unpaired) electrons. The monoisotopic (exact) mass is 120 g/mol. The third kappa shape index (κ3) is 2.57. The van der Waals surface area contributed by atoms with E-state index in [9.17, 15) is 0 Å². The van der Waals surface area contributed by atoms with Gasteiger partial charge in [0.2, 0.25) is 0 Å². The minimum Gasteiger partial charge on any atom is -0.342 e. The Hall–Kier alpha value is -0.580. The Morgan fingerprint density at radius 1 is 1.62 bits per heavy atom. The smallest absolute Gasteiger partial charge is 0.166 e. The minimum atomic E-state index is -0.132. The SMILES string of the molecule is CC=C(COO)OO. The summed E-state index contributed by atoms with van der Waals surface area (Å²) in [5.41, 5.74) is 0. The van der Waals surface area contributed by atoms with Crippen molar-refractivity contribution in [3.05, 3.63) is 11.8 Å². The minimum absolute atomic E-state index is 0.132. The number of rotatable bonds is 3. The van der Waals surface area contributed by atoms with Gasteiger partial charge < -0.3 is 4.89 Å². The predicted octanol–water partition coefficient (Wildman–Crippen LogP) is 0.869. The Morgan fingerprint density at radius 3 is 2.38 bits per heavy atom. The highest BCUT2D eigenvalue weighted by molar-refractivity contribution is 4.87. The zero-order valence-electron chi connectivity index (χ0n) is 4.50. The fourth-order valence-electron chi connectivity index (χ4n) is 0.226. The van der Waals surface area contributed by atoms with Gasteiger partial charge >= 0.3 is 0 Å². The molecule has 0 saturated heterocycles. The van der Waals surface area contributed by atoms with E-state index >= 15 is 0 Å². The quantitative estimate of drug-likeness (QED) is 0.329. The molecule has 0 spiro atoms. The van der Waals surface area contributed by atoms with E-state index in [1.165, 1.54) is 6.08 Å². The molecule has 0 heterocycles. The van der Waals surface area contributed by atoms with E-state index in [1.807, 2.05) is 0 Å². The third-order valence-corrected chi connectivity index (χ3v) is 0.646.